The van der Waals surface area contributed by atoms with Gasteiger partial charge in [-0.25, -0.2) is 0 Å². The molecule has 0 N–H and O–H groups in total. The molecule has 5 aliphatic rings. The van der Waals surface area contributed by atoms with E-state index in [2.05, 4.69) is 77.0 Å². The maximum absolute atomic E-state index is 6.61. The molecule has 3 nitrogen and oxygen atoms in total. The molecule has 1 aromatic carbocycles. The first-order valence-corrected chi connectivity index (χ1v) is 13.0. The van der Waals surface area contributed by atoms with E-state index in [-0.39, 0.29) is 15.8 Å². The predicted octanol–water partition coefficient (Wildman–Crippen LogP) is 6.86. The van der Waals surface area contributed by atoms with Crippen LogP contribution in [-0.2, 0) is 16.5 Å². The fraction of sp³-hybridized carbons (Fsp3) is 0.571. The van der Waals surface area contributed by atoms with Gasteiger partial charge < -0.3 is 14.0 Å². The molecule has 0 spiro atoms. The molecule has 0 radical (unpaired) electrons. The van der Waals surface area contributed by atoms with E-state index in [4.69, 9.17) is 9.47 Å². The van der Waals surface area contributed by atoms with Crippen LogP contribution in [0.5, 0.6) is 0 Å². The summed E-state index contributed by atoms with van der Waals surface area (Å²) in [6, 6.07) is 11.0. The van der Waals surface area contributed by atoms with Crippen LogP contribution >= 0.6 is 15.9 Å². The largest absolute Gasteiger partial charge is 0.359 e. The van der Waals surface area contributed by atoms with Crippen LogP contribution in [0.1, 0.15) is 51.1 Å². The molecule has 5 aliphatic carbocycles. The quantitative estimate of drug-likeness (QED) is 0.334. The smallest absolute Gasteiger partial charge is 0.147 e. The normalized spacial score (nSPS) is 38.2. The molecule has 2 atom stereocenters. The maximum atomic E-state index is 6.61. The highest BCUT2D eigenvalue weighted by Crippen LogP contribution is 2.68. The molecular weight excluding hydrogens is 462 g/mol. The Morgan fingerprint density at radius 1 is 1.06 bits per heavy atom. The van der Waals surface area contributed by atoms with Crippen molar-refractivity contribution in [3.63, 3.8) is 0 Å². The number of alkyl halides is 1. The van der Waals surface area contributed by atoms with Gasteiger partial charge >= 0.3 is 0 Å². The van der Waals surface area contributed by atoms with Crippen LogP contribution in [0.15, 0.2) is 48.1 Å². The summed E-state index contributed by atoms with van der Waals surface area (Å²) >= 11 is 4.42. The number of hydrogen-bond acceptors (Lipinski definition) is 2. The van der Waals surface area contributed by atoms with E-state index in [9.17, 15) is 0 Å². The highest BCUT2D eigenvalue weighted by molar-refractivity contribution is 9.10. The third-order valence-corrected chi connectivity index (χ3v) is 10.4. The Balaban J connectivity index is 1.49. The molecule has 2 aromatic rings. The second-order valence-electron chi connectivity index (χ2n) is 11.1. The third kappa shape index (κ3) is 3.05. The van der Waals surface area contributed by atoms with Crippen molar-refractivity contribution in [2.24, 2.45) is 30.2 Å². The second-order valence-corrected chi connectivity index (χ2v) is 12.4. The zero-order valence-electron chi connectivity index (χ0n) is 19.4. The fourth-order valence-electron chi connectivity index (χ4n) is 8.13. The molecular formula is C28H34BrNO2. The van der Waals surface area contributed by atoms with Crippen molar-refractivity contribution >= 4 is 32.4 Å². The fourth-order valence-corrected chi connectivity index (χ4v) is 9.35. The highest BCUT2D eigenvalue weighted by atomic mass is 79.9. The molecule has 4 fully saturated rings. The van der Waals surface area contributed by atoms with Crippen molar-refractivity contribution < 1.29 is 9.47 Å². The van der Waals surface area contributed by atoms with Gasteiger partial charge in [-0.2, -0.15) is 0 Å². The number of methoxy groups -OCH3 is 1. The molecule has 1 heterocycles. The Kier molecular flexibility index (Phi) is 5.02. The number of benzene rings is 1. The van der Waals surface area contributed by atoms with Gasteiger partial charge in [-0.15, -0.1) is 0 Å². The van der Waals surface area contributed by atoms with Crippen molar-refractivity contribution in [3.8, 4) is 0 Å². The molecule has 170 valence electrons. The predicted molar refractivity (Wildman–Crippen MR) is 134 cm³/mol. The number of aromatic nitrogens is 1. The van der Waals surface area contributed by atoms with E-state index in [0.29, 0.717) is 6.79 Å². The second kappa shape index (κ2) is 7.58. The maximum Gasteiger partial charge on any atom is 0.147 e. The number of rotatable bonds is 5. The van der Waals surface area contributed by atoms with Crippen LogP contribution < -0.4 is 0 Å². The van der Waals surface area contributed by atoms with Crippen LogP contribution in [-0.4, -0.2) is 28.9 Å². The van der Waals surface area contributed by atoms with Gasteiger partial charge in [0.1, 0.15) is 12.9 Å². The summed E-state index contributed by atoms with van der Waals surface area (Å²) in [6.07, 6.45) is 13.1. The number of allylic oxidation sites excluding steroid dienone is 2. The Morgan fingerprint density at radius 3 is 2.34 bits per heavy atom. The molecule has 32 heavy (non-hydrogen) atoms. The van der Waals surface area contributed by atoms with Gasteiger partial charge in [0.05, 0.1) is 4.32 Å². The van der Waals surface area contributed by atoms with E-state index < -0.39 is 0 Å². The van der Waals surface area contributed by atoms with Crippen LogP contribution in [0.3, 0.4) is 0 Å². The first-order chi connectivity index (χ1) is 15.4. The topological polar surface area (TPSA) is 23.4 Å². The van der Waals surface area contributed by atoms with Gasteiger partial charge in [0, 0.05) is 36.3 Å². The first-order valence-electron chi connectivity index (χ1n) is 12.2. The number of para-hydroxylation sites is 1. The average Bonchev–Trinajstić information content (AvgIpc) is 3.08. The monoisotopic (exact) mass is 495 g/mol. The van der Waals surface area contributed by atoms with Crippen molar-refractivity contribution in [2.75, 3.05) is 13.9 Å². The summed E-state index contributed by atoms with van der Waals surface area (Å²) in [4.78, 5) is 0. The molecule has 2 unspecified atom stereocenters. The van der Waals surface area contributed by atoms with Gasteiger partial charge in [0.2, 0.25) is 0 Å². The summed E-state index contributed by atoms with van der Waals surface area (Å²) < 4.78 is 14.2. The number of aryl methyl sites for hydroxylation is 1. The summed E-state index contributed by atoms with van der Waals surface area (Å²) in [5.74, 6) is 2.67. The zero-order chi connectivity index (χ0) is 22.1. The van der Waals surface area contributed by atoms with E-state index in [1.54, 1.807) is 7.11 Å². The number of fused-ring (bicyclic) bond motifs is 1. The molecule has 4 heteroatoms. The lowest BCUT2D eigenvalue weighted by molar-refractivity contribution is -0.114. The van der Waals surface area contributed by atoms with Crippen molar-refractivity contribution in [1.29, 1.82) is 0 Å². The third-order valence-electron chi connectivity index (χ3n) is 8.94. The van der Waals surface area contributed by atoms with E-state index in [1.165, 1.54) is 66.3 Å². The number of nitrogens with zero attached hydrogens (tertiary/aromatic N) is 1. The summed E-state index contributed by atoms with van der Waals surface area (Å²) in [5.41, 5.74) is 5.36. The minimum atomic E-state index is -0.209. The van der Waals surface area contributed by atoms with Crippen molar-refractivity contribution in [1.82, 2.24) is 4.57 Å². The Labute approximate surface area is 200 Å². The van der Waals surface area contributed by atoms with E-state index in [1.807, 2.05) is 0 Å². The summed E-state index contributed by atoms with van der Waals surface area (Å²) in [5, 5.41) is 1.28. The standard InChI is InChI=1S/C28H34BrNO2/c1-18-8-23(25-12-22-6-4-5-7-24(22)30(25)2)26(32-17-31-3)28(29,13-18)27-14-19-9-20(15-27)11-21(10-19)16-27/h4-8,12-13,19-21,26H,9-11,14-17H2,1-3H3. The highest BCUT2D eigenvalue weighted by Gasteiger charge is 2.62. The molecule has 0 saturated heterocycles. The van der Waals surface area contributed by atoms with E-state index >= 15 is 0 Å². The minimum Gasteiger partial charge on any atom is -0.359 e. The summed E-state index contributed by atoms with van der Waals surface area (Å²) in [6.45, 7) is 2.56. The zero-order valence-corrected chi connectivity index (χ0v) is 21.0. The van der Waals surface area contributed by atoms with Crippen LogP contribution in [0.4, 0.5) is 0 Å². The van der Waals surface area contributed by atoms with Gasteiger partial charge in [-0.1, -0.05) is 51.9 Å². The van der Waals surface area contributed by atoms with Crippen LogP contribution in [0, 0.1) is 23.2 Å². The van der Waals surface area contributed by atoms with Crippen molar-refractivity contribution in [2.45, 2.75) is 55.9 Å². The average molecular weight is 496 g/mol. The van der Waals surface area contributed by atoms with E-state index in [0.717, 1.165) is 17.8 Å². The van der Waals surface area contributed by atoms with Gasteiger partial charge in [-0.05, 0) is 80.8 Å². The Hall–Kier alpha value is -1.36. The minimum absolute atomic E-state index is 0.0783. The molecule has 4 bridgehead atoms. The molecule has 4 saturated carbocycles. The molecule has 1 aromatic heterocycles. The van der Waals surface area contributed by atoms with Crippen LogP contribution in [0.2, 0.25) is 0 Å². The molecule has 7 rings (SSSR count). The number of halogens is 1. The Bertz CT molecular complexity index is 1080. The SMILES string of the molecule is COCOC1C(c2cc3ccccc3n2C)=CC(C)=CC1(Br)C12CC3CC(CC(C3)C1)C2. The molecule has 0 aliphatic heterocycles. The lowest BCUT2D eigenvalue weighted by Gasteiger charge is -2.63. The number of ether oxygens (including phenoxy) is 2. The van der Waals surface area contributed by atoms with Gasteiger partial charge in [0.25, 0.3) is 0 Å². The first kappa shape index (κ1) is 21.2. The lowest BCUT2D eigenvalue weighted by Crippen LogP contribution is -2.60. The summed E-state index contributed by atoms with van der Waals surface area (Å²) in [7, 11) is 3.91. The molecule has 0 amide bonds. The number of hydrogen-bond donors (Lipinski definition) is 0. The van der Waals surface area contributed by atoms with Gasteiger partial charge in [0.15, 0.2) is 0 Å². The lowest BCUT2D eigenvalue weighted by atomic mass is 9.45. The Morgan fingerprint density at radius 2 is 1.72 bits per heavy atom. The van der Waals surface area contributed by atoms with Crippen LogP contribution in [0.25, 0.3) is 16.5 Å². The van der Waals surface area contributed by atoms with Gasteiger partial charge in [-0.3, -0.25) is 0 Å². The van der Waals surface area contributed by atoms with Crippen molar-refractivity contribution in [3.05, 3.63) is 53.8 Å².